The molecule has 2 nitrogen and oxygen atoms in total. The van der Waals surface area contributed by atoms with E-state index in [1.807, 2.05) is 0 Å². The predicted molar refractivity (Wildman–Crippen MR) is 59.6 cm³/mol. The number of hydrogen-bond donors (Lipinski definition) is 2. The number of rotatable bonds is 5. The molecule has 14 heavy (non-hydrogen) atoms. The van der Waals surface area contributed by atoms with Crippen LogP contribution in [0.1, 0.15) is 51.9 Å². The molecule has 2 rings (SSSR count). The first-order valence-electron chi connectivity index (χ1n) is 6.27. The van der Waals surface area contributed by atoms with Gasteiger partial charge in [0.15, 0.2) is 0 Å². The predicted octanol–water partition coefficient (Wildman–Crippen LogP) is 2.44. The van der Waals surface area contributed by atoms with Crippen LogP contribution in [-0.2, 0) is 0 Å². The summed E-state index contributed by atoms with van der Waals surface area (Å²) >= 11 is 0. The van der Waals surface area contributed by atoms with E-state index in [9.17, 15) is 0 Å². The Bertz CT molecular complexity index is 177. The van der Waals surface area contributed by atoms with Crippen molar-refractivity contribution in [1.29, 1.82) is 0 Å². The molecule has 2 heteroatoms. The first kappa shape index (κ1) is 10.4. The summed E-state index contributed by atoms with van der Waals surface area (Å²) in [6.45, 7) is 2.39. The summed E-state index contributed by atoms with van der Waals surface area (Å²) in [6.07, 6.45) is 9.85. The average Bonchev–Trinajstić information content (AvgIpc) is 2.92. The molecule has 0 bridgehead atoms. The number of nitrogens with one attached hydrogen (secondary N) is 1. The molecule has 0 saturated heterocycles. The molecule has 2 aliphatic rings. The van der Waals surface area contributed by atoms with E-state index in [2.05, 4.69) is 12.3 Å². The van der Waals surface area contributed by atoms with Crippen molar-refractivity contribution in [3.8, 4) is 0 Å². The lowest BCUT2D eigenvalue weighted by molar-refractivity contribution is 0.279. The van der Waals surface area contributed by atoms with Crippen molar-refractivity contribution >= 4 is 0 Å². The van der Waals surface area contributed by atoms with Gasteiger partial charge in [-0.05, 0) is 37.0 Å². The Balaban J connectivity index is 1.77. The van der Waals surface area contributed by atoms with Crippen molar-refractivity contribution < 1.29 is 0 Å². The molecule has 0 aromatic carbocycles. The highest BCUT2D eigenvalue weighted by Crippen LogP contribution is 2.38. The maximum Gasteiger partial charge on any atom is 0.0241 e. The van der Waals surface area contributed by atoms with Crippen LogP contribution < -0.4 is 11.3 Å². The summed E-state index contributed by atoms with van der Waals surface area (Å²) in [7, 11) is 0. The zero-order valence-corrected chi connectivity index (χ0v) is 9.34. The summed E-state index contributed by atoms with van der Waals surface area (Å²) in [5.41, 5.74) is 3.06. The van der Waals surface area contributed by atoms with Gasteiger partial charge in [0.1, 0.15) is 0 Å². The number of nitrogens with two attached hydrogens (primary N) is 1. The molecule has 0 aromatic heterocycles. The van der Waals surface area contributed by atoms with Gasteiger partial charge < -0.3 is 0 Å². The van der Waals surface area contributed by atoms with Crippen molar-refractivity contribution in [2.24, 2.45) is 23.6 Å². The van der Waals surface area contributed by atoms with E-state index in [-0.39, 0.29) is 0 Å². The van der Waals surface area contributed by atoms with Gasteiger partial charge in [0.05, 0.1) is 0 Å². The van der Waals surface area contributed by atoms with Gasteiger partial charge in [0.25, 0.3) is 0 Å². The molecule has 0 aliphatic heterocycles. The molecule has 2 fully saturated rings. The third kappa shape index (κ3) is 2.48. The molecule has 0 radical (unpaired) electrons. The minimum absolute atomic E-state index is 0.591. The number of hydrazine groups is 1. The molecular formula is C12H24N2. The van der Waals surface area contributed by atoms with Gasteiger partial charge in [-0.3, -0.25) is 11.3 Å². The standard InChI is InChI=1S/C12H24N2/c1-9-3-2-4-11(9)12(14-13)8-7-10-5-6-10/h9-12,14H,2-8,13H2,1H3. The summed E-state index contributed by atoms with van der Waals surface area (Å²) in [6, 6.07) is 0.591. The average molecular weight is 196 g/mol. The second kappa shape index (κ2) is 4.63. The van der Waals surface area contributed by atoms with Gasteiger partial charge >= 0.3 is 0 Å². The Kier molecular flexibility index (Phi) is 3.45. The van der Waals surface area contributed by atoms with Crippen molar-refractivity contribution in [3.63, 3.8) is 0 Å². The second-order valence-electron chi connectivity index (χ2n) is 5.37. The minimum atomic E-state index is 0.591. The van der Waals surface area contributed by atoms with Gasteiger partial charge in [-0.2, -0.15) is 0 Å². The smallest absolute Gasteiger partial charge is 0.0241 e. The van der Waals surface area contributed by atoms with Crippen molar-refractivity contribution in [3.05, 3.63) is 0 Å². The first-order chi connectivity index (χ1) is 6.81. The lowest BCUT2D eigenvalue weighted by atomic mass is 9.87. The zero-order valence-electron chi connectivity index (χ0n) is 9.34. The summed E-state index contributed by atoms with van der Waals surface area (Å²) < 4.78 is 0. The normalized spacial score (nSPS) is 34.7. The topological polar surface area (TPSA) is 38.0 Å². The van der Waals surface area contributed by atoms with Crippen molar-refractivity contribution in [1.82, 2.24) is 5.43 Å². The fourth-order valence-electron chi connectivity index (χ4n) is 3.01. The minimum Gasteiger partial charge on any atom is -0.271 e. The molecular weight excluding hydrogens is 172 g/mol. The van der Waals surface area contributed by atoms with E-state index >= 15 is 0 Å². The Morgan fingerprint density at radius 1 is 1.29 bits per heavy atom. The Hall–Kier alpha value is -0.0800. The van der Waals surface area contributed by atoms with Gasteiger partial charge in [-0.1, -0.05) is 32.6 Å². The van der Waals surface area contributed by atoms with Crippen LogP contribution in [0.2, 0.25) is 0 Å². The summed E-state index contributed by atoms with van der Waals surface area (Å²) in [5.74, 6) is 8.45. The summed E-state index contributed by atoms with van der Waals surface area (Å²) in [4.78, 5) is 0. The van der Waals surface area contributed by atoms with Crippen LogP contribution in [0.3, 0.4) is 0 Å². The molecule has 2 aliphatic carbocycles. The molecule has 3 N–H and O–H groups in total. The zero-order chi connectivity index (χ0) is 9.97. The molecule has 0 heterocycles. The molecule has 2 saturated carbocycles. The van der Waals surface area contributed by atoms with E-state index in [1.54, 1.807) is 0 Å². The Labute approximate surface area is 87.6 Å². The van der Waals surface area contributed by atoms with E-state index in [0.29, 0.717) is 6.04 Å². The van der Waals surface area contributed by atoms with E-state index in [4.69, 9.17) is 5.84 Å². The highest BCUT2D eigenvalue weighted by atomic mass is 15.2. The van der Waals surface area contributed by atoms with Gasteiger partial charge in [-0.25, -0.2) is 0 Å². The van der Waals surface area contributed by atoms with E-state index < -0.39 is 0 Å². The third-order valence-corrected chi connectivity index (χ3v) is 4.24. The van der Waals surface area contributed by atoms with Gasteiger partial charge in [0, 0.05) is 6.04 Å². The van der Waals surface area contributed by atoms with Crippen molar-refractivity contribution in [2.45, 2.75) is 57.9 Å². The quantitative estimate of drug-likeness (QED) is 0.523. The van der Waals surface area contributed by atoms with Crippen LogP contribution in [-0.4, -0.2) is 6.04 Å². The maximum atomic E-state index is 5.67. The lowest BCUT2D eigenvalue weighted by Gasteiger charge is -2.26. The van der Waals surface area contributed by atoms with E-state index in [1.165, 1.54) is 44.9 Å². The first-order valence-corrected chi connectivity index (χ1v) is 6.27. The molecule has 3 atom stereocenters. The van der Waals surface area contributed by atoms with Gasteiger partial charge in [0.2, 0.25) is 0 Å². The molecule has 0 spiro atoms. The molecule has 82 valence electrons. The highest BCUT2D eigenvalue weighted by Gasteiger charge is 2.31. The fraction of sp³-hybridized carbons (Fsp3) is 1.00. The Morgan fingerprint density at radius 2 is 2.07 bits per heavy atom. The lowest BCUT2D eigenvalue weighted by Crippen LogP contribution is -2.41. The highest BCUT2D eigenvalue weighted by molar-refractivity contribution is 4.85. The summed E-state index contributed by atoms with van der Waals surface area (Å²) in [5, 5.41) is 0. The van der Waals surface area contributed by atoms with Crippen molar-refractivity contribution in [2.75, 3.05) is 0 Å². The molecule has 3 unspecified atom stereocenters. The van der Waals surface area contributed by atoms with Crippen LogP contribution in [0.5, 0.6) is 0 Å². The van der Waals surface area contributed by atoms with Crippen LogP contribution in [0.4, 0.5) is 0 Å². The molecule has 0 amide bonds. The van der Waals surface area contributed by atoms with Crippen LogP contribution in [0.15, 0.2) is 0 Å². The monoisotopic (exact) mass is 196 g/mol. The van der Waals surface area contributed by atoms with Crippen LogP contribution in [0.25, 0.3) is 0 Å². The van der Waals surface area contributed by atoms with Gasteiger partial charge in [-0.15, -0.1) is 0 Å². The number of hydrogen-bond acceptors (Lipinski definition) is 2. The van der Waals surface area contributed by atoms with Crippen LogP contribution >= 0.6 is 0 Å². The largest absolute Gasteiger partial charge is 0.271 e. The van der Waals surface area contributed by atoms with E-state index in [0.717, 1.165) is 17.8 Å². The second-order valence-corrected chi connectivity index (χ2v) is 5.37. The SMILES string of the molecule is CC1CCCC1C(CCC1CC1)NN. The Morgan fingerprint density at radius 3 is 2.57 bits per heavy atom. The third-order valence-electron chi connectivity index (χ3n) is 4.24. The van der Waals surface area contributed by atoms with Crippen LogP contribution in [0, 0.1) is 17.8 Å². The molecule has 0 aromatic rings. The fourth-order valence-corrected chi connectivity index (χ4v) is 3.01. The maximum absolute atomic E-state index is 5.67.